The van der Waals surface area contributed by atoms with Crippen molar-refractivity contribution >= 4 is 39.1 Å². The number of aromatic nitrogens is 3. The van der Waals surface area contributed by atoms with Crippen LogP contribution in [0.1, 0.15) is 11.3 Å². The number of nitrogens with one attached hydrogen (secondary N) is 1. The molecule has 0 aliphatic carbocycles. The van der Waals surface area contributed by atoms with Gasteiger partial charge in [0, 0.05) is 17.3 Å². The highest BCUT2D eigenvalue weighted by Crippen LogP contribution is 2.24. The number of fused-ring (bicyclic) bond motifs is 3. The van der Waals surface area contributed by atoms with Gasteiger partial charge in [-0.15, -0.1) is 11.3 Å². The molecular weight excluding hydrogens is 308 g/mol. The average molecular weight is 322 g/mol. The molecule has 1 amide bonds. The van der Waals surface area contributed by atoms with E-state index in [-0.39, 0.29) is 12.3 Å². The van der Waals surface area contributed by atoms with Crippen LogP contribution in [0.3, 0.4) is 0 Å². The summed E-state index contributed by atoms with van der Waals surface area (Å²) in [6.07, 6.45) is 1.96. The average Bonchev–Trinajstić information content (AvgIpc) is 3.09. The van der Waals surface area contributed by atoms with E-state index in [2.05, 4.69) is 15.3 Å². The third-order valence-corrected chi connectivity index (χ3v) is 4.60. The third-order valence-electron chi connectivity index (χ3n) is 3.73. The number of para-hydroxylation sites is 2. The summed E-state index contributed by atoms with van der Waals surface area (Å²) in [5, 5.41) is 4.86. The zero-order chi connectivity index (χ0) is 15.8. The van der Waals surface area contributed by atoms with Crippen molar-refractivity contribution in [3.8, 4) is 0 Å². The van der Waals surface area contributed by atoms with Gasteiger partial charge in [-0.2, -0.15) is 0 Å². The van der Waals surface area contributed by atoms with Gasteiger partial charge in [-0.25, -0.2) is 9.97 Å². The van der Waals surface area contributed by atoms with Crippen LogP contribution < -0.4 is 5.32 Å². The van der Waals surface area contributed by atoms with Crippen molar-refractivity contribution in [1.29, 1.82) is 0 Å². The number of rotatable bonds is 3. The van der Waals surface area contributed by atoms with E-state index in [9.17, 15) is 4.79 Å². The maximum Gasteiger partial charge on any atom is 0.231 e. The second kappa shape index (κ2) is 5.48. The highest BCUT2D eigenvalue weighted by atomic mass is 32.1. The standard InChI is InChI=1S/C17H14N4OS/c1-11-5-4-8-18-16(11)20-15(22)9-12-10-23-17-19-13-6-2-3-7-14(13)21(12)17/h2-8,10H,9H2,1H3,(H,18,20,22). The number of pyridine rings is 1. The first-order valence-electron chi connectivity index (χ1n) is 7.27. The molecule has 0 atom stereocenters. The van der Waals surface area contributed by atoms with Crippen molar-refractivity contribution in [3.63, 3.8) is 0 Å². The Bertz CT molecular complexity index is 1020. The maximum atomic E-state index is 12.4. The molecule has 0 aliphatic heterocycles. The van der Waals surface area contributed by atoms with Gasteiger partial charge in [-0.1, -0.05) is 18.2 Å². The predicted octanol–water partition coefficient (Wildman–Crippen LogP) is 3.43. The van der Waals surface area contributed by atoms with Gasteiger partial charge in [0.15, 0.2) is 4.96 Å². The molecule has 4 aromatic rings. The molecule has 1 N–H and O–H groups in total. The van der Waals surface area contributed by atoms with Crippen molar-refractivity contribution in [2.75, 3.05) is 5.32 Å². The van der Waals surface area contributed by atoms with Crippen LogP contribution in [0, 0.1) is 6.92 Å². The highest BCUT2D eigenvalue weighted by Gasteiger charge is 2.14. The van der Waals surface area contributed by atoms with Crippen LogP contribution in [0.25, 0.3) is 16.0 Å². The Morgan fingerprint density at radius 2 is 2.13 bits per heavy atom. The molecule has 0 aliphatic rings. The van der Waals surface area contributed by atoms with Gasteiger partial charge >= 0.3 is 0 Å². The first-order valence-corrected chi connectivity index (χ1v) is 8.15. The van der Waals surface area contributed by atoms with Crippen molar-refractivity contribution in [2.24, 2.45) is 0 Å². The van der Waals surface area contributed by atoms with Crippen molar-refractivity contribution in [1.82, 2.24) is 14.4 Å². The summed E-state index contributed by atoms with van der Waals surface area (Å²) in [7, 11) is 0. The van der Waals surface area contributed by atoms with Gasteiger partial charge in [0.2, 0.25) is 5.91 Å². The van der Waals surface area contributed by atoms with E-state index >= 15 is 0 Å². The first-order chi connectivity index (χ1) is 11.2. The summed E-state index contributed by atoms with van der Waals surface area (Å²) in [6, 6.07) is 11.7. The van der Waals surface area contributed by atoms with E-state index in [0.29, 0.717) is 5.82 Å². The van der Waals surface area contributed by atoms with E-state index < -0.39 is 0 Å². The molecule has 5 nitrogen and oxygen atoms in total. The second-order valence-corrected chi connectivity index (χ2v) is 6.18. The van der Waals surface area contributed by atoms with Crippen LogP contribution in [-0.4, -0.2) is 20.3 Å². The van der Waals surface area contributed by atoms with Gasteiger partial charge in [0.05, 0.1) is 17.5 Å². The Morgan fingerprint density at radius 3 is 3.00 bits per heavy atom. The number of hydrogen-bond acceptors (Lipinski definition) is 4. The zero-order valence-electron chi connectivity index (χ0n) is 12.5. The summed E-state index contributed by atoms with van der Waals surface area (Å²) in [4.78, 5) is 22.0. The van der Waals surface area contributed by atoms with Crippen LogP contribution >= 0.6 is 11.3 Å². The summed E-state index contributed by atoms with van der Waals surface area (Å²) in [6.45, 7) is 1.93. The number of thiazole rings is 1. The second-order valence-electron chi connectivity index (χ2n) is 5.34. The summed E-state index contributed by atoms with van der Waals surface area (Å²) < 4.78 is 2.05. The molecule has 0 saturated carbocycles. The SMILES string of the molecule is Cc1cccnc1NC(=O)Cc1csc2nc3ccccc3n12. The highest BCUT2D eigenvalue weighted by molar-refractivity contribution is 7.15. The molecule has 0 unspecified atom stereocenters. The van der Waals surface area contributed by atoms with Crippen LogP contribution in [-0.2, 0) is 11.2 Å². The lowest BCUT2D eigenvalue weighted by molar-refractivity contribution is -0.115. The van der Waals surface area contributed by atoms with Crippen LogP contribution in [0.2, 0.25) is 0 Å². The van der Waals surface area contributed by atoms with E-state index in [1.807, 2.05) is 53.1 Å². The number of amides is 1. The Kier molecular flexibility index (Phi) is 3.31. The molecule has 0 radical (unpaired) electrons. The molecule has 0 saturated heterocycles. The molecule has 23 heavy (non-hydrogen) atoms. The van der Waals surface area contributed by atoms with Crippen LogP contribution in [0.15, 0.2) is 48.0 Å². The van der Waals surface area contributed by atoms with Crippen LogP contribution in [0.5, 0.6) is 0 Å². The molecule has 114 valence electrons. The Labute approximate surface area is 136 Å². The fourth-order valence-corrected chi connectivity index (χ4v) is 3.51. The molecule has 1 aromatic carbocycles. The molecule has 3 aromatic heterocycles. The summed E-state index contributed by atoms with van der Waals surface area (Å²) in [5.41, 5.74) is 3.86. The van der Waals surface area contributed by atoms with Gasteiger partial charge in [0.1, 0.15) is 5.82 Å². The summed E-state index contributed by atoms with van der Waals surface area (Å²) in [5.74, 6) is 0.531. The molecule has 6 heteroatoms. The Morgan fingerprint density at radius 1 is 1.26 bits per heavy atom. The summed E-state index contributed by atoms with van der Waals surface area (Å²) >= 11 is 1.55. The predicted molar refractivity (Wildman–Crippen MR) is 91.9 cm³/mol. The van der Waals surface area contributed by atoms with Gasteiger partial charge in [-0.3, -0.25) is 9.20 Å². The van der Waals surface area contributed by atoms with E-state index in [1.165, 1.54) is 0 Å². The van der Waals surface area contributed by atoms with E-state index in [0.717, 1.165) is 27.3 Å². The first kappa shape index (κ1) is 13.9. The molecule has 0 spiro atoms. The number of aryl methyl sites for hydroxylation is 1. The molecule has 3 heterocycles. The van der Waals surface area contributed by atoms with Gasteiger partial charge in [-0.05, 0) is 30.7 Å². The fraction of sp³-hybridized carbons (Fsp3) is 0.118. The molecular formula is C17H14N4OS. The number of nitrogens with zero attached hydrogens (tertiary/aromatic N) is 3. The monoisotopic (exact) mass is 322 g/mol. The lowest BCUT2D eigenvalue weighted by Crippen LogP contribution is -2.16. The topological polar surface area (TPSA) is 59.3 Å². The maximum absolute atomic E-state index is 12.4. The normalized spacial score (nSPS) is 11.2. The van der Waals surface area contributed by atoms with Crippen molar-refractivity contribution in [3.05, 3.63) is 59.2 Å². The molecule has 0 bridgehead atoms. The minimum Gasteiger partial charge on any atom is -0.310 e. The number of carbonyl (C=O) groups is 1. The molecule has 4 rings (SSSR count). The zero-order valence-corrected chi connectivity index (χ0v) is 13.3. The van der Waals surface area contributed by atoms with Gasteiger partial charge in [0.25, 0.3) is 0 Å². The number of carbonyl (C=O) groups excluding carboxylic acids is 1. The largest absolute Gasteiger partial charge is 0.310 e. The number of benzene rings is 1. The lowest BCUT2D eigenvalue weighted by atomic mass is 10.2. The number of hydrogen-bond donors (Lipinski definition) is 1. The molecule has 0 fully saturated rings. The fourth-order valence-electron chi connectivity index (χ4n) is 2.61. The smallest absolute Gasteiger partial charge is 0.231 e. The number of imidazole rings is 1. The van der Waals surface area contributed by atoms with Crippen molar-refractivity contribution < 1.29 is 4.79 Å². The minimum atomic E-state index is -0.0794. The quantitative estimate of drug-likeness (QED) is 0.628. The number of anilines is 1. The lowest BCUT2D eigenvalue weighted by Gasteiger charge is -2.06. The van der Waals surface area contributed by atoms with E-state index in [1.54, 1.807) is 17.5 Å². The third kappa shape index (κ3) is 2.47. The Hall–Kier alpha value is -2.73. The van der Waals surface area contributed by atoms with E-state index in [4.69, 9.17) is 0 Å². The van der Waals surface area contributed by atoms with Crippen molar-refractivity contribution in [2.45, 2.75) is 13.3 Å². The Balaban J connectivity index is 1.65. The van der Waals surface area contributed by atoms with Gasteiger partial charge < -0.3 is 5.32 Å². The minimum absolute atomic E-state index is 0.0794. The van der Waals surface area contributed by atoms with Crippen LogP contribution in [0.4, 0.5) is 5.82 Å².